The molecule has 1 aromatic heterocycles. The minimum Gasteiger partial charge on any atom is -0.456 e. The van der Waals surface area contributed by atoms with E-state index >= 15 is 0 Å². The highest BCUT2D eigenvalue weighted by Crippen LogP contribution is 2.53. The molecular weight excluding hydrogens is 629 g/mol. The predicted molar refractivity (Wildman–Crippen MR) is 220 cm³/mol. The number of hydrogen-bond donors (Lipinski definition) is 0. The summed E-state index contributed by atoms with van der Waals surface area (Å²) in [5.74, 6) is 0. The monoisotopic (exact) mass is 670 g/mol. The molecule has 0 spiro atoms. The van der Waals surface area contributed by atoms with Crippen LogP contribution < -0.4 is 0 Å². The molecule has 1 heterocycles. The molecule has 0 N–H and O–H groups in total. The lowest BCUT2D eigenvalue weighted by Gasteiger charge is -2.25. The summed E-state index contributed by atoms with van der Waals surface area (Å²) in [5.41, 5.74) is 9.35. The van der Waals surface area contributed by atoms with Crippen molar-refractivity contribution in [3.8, 4) is 44.5 Å². The number of fused-ring (bicyclic) bond motifs is 10. The Bertz CT molecular complexity index is 3480. The van der Waals surface area contributed by atoms with Crippen molar-refractivity contribution in [3.63, 3.8) is 0 Å². The van der Waals surface area contributed by atoms with Gasteiger partial charge in [0.15, 0.2) is 0 Å². The van der Waals surface area contributed by atoms with E-state index in [1.54, 1.807) is 6.07 Å². The lowest BCUT2D eigenvalue weighted by molar-refractivity contribution is 0.662. The normalized spacial score (nSPS) is 15.5. The molecule has 0 saturated carbocycles. The Morgan fingerprint density at radius 3 is 1.83 bits per heavy atom. The predicted octanol–water partition coefficient (Wildman–Crippen LogP) is 14.4. The van der Waals surface area contributed by atoms with Gasteiger partial charge in [-0.2, -0.15) is 0 Å². The quantitative estimate of drug-likeness (QED) is 0.171. The summed E-state index contributed by atoms with van der Waals surface area (Å²) >= 11 is 0. The minimum absolute atomic E-state index is 0.174. The molecule has 1 nitrogen and oxygen atoms in total. The van der Waals surface area contributed by atoms with Crippen LogP contribution >= 0.6 is 0 Å². The highest BCUT2D eigenvalue weighted by Gasteiger charge is 2.37. The van der Waals surface area contributed by atoms with Gasteiger partial charge in [0.05, 0.1) is 11.0 Å². The van der Waals surface area contributed by atoms with Gasteiger partial charge in [0.2, 0.25) is 0 Å². The molecule has 0 radical (unpaired) electrons. The molecule has 0 atom stereocenters. The Balaban J connectivity index is 1.27. The van der Waals surface area contributed by atoms with Crippen molar-refractivity contribution in [2.75, 3.05) is 0 Å². The van der Waals surface area contributed by atoms with Crippen LogP contribution in [0.25, 0.3) is 98.8 Å². The molecule has 11 rings (SSSR count). The second kappa shape index (κ2) is 10.8. The van der Waals surface area contributed by atoms with Gasteiger partial charge in [-0.1, -0.05) is 159 Å². The van der Waals surface area contributed by atoms with Gasteiger partial charge in [-0.25, -0.2) is 0 Å². The van der Waals surface area contributed by atoms with Crippen molar-refractivity contribution in [2.45, 2.75) is 19.3 Å². The zero-order valence-electron chi connectivity index (χ0n) is 36.5. The van der Waals surface area contributed by atoms with Crippen molar-refractivity contribution in [1.82, 2.24) is 0 Å². The molecule has 0 fully saturated rings. The molecule has 1 aliphatic carbocycles. The van der Waals surface area contributed by atoms with Crippen molar-refractivity contribution in [2.24, 2.45) is 0 Å². The van der Waals surface area contributed by atoms with Crippen LogP contribution in [0, 0.1) is 0 Å². The Morgan fingerprint density at radius 1 is 0.462 bits per heavy atom. The van der Waals surface area contributed by atoms with Crippen LogP contribution in [-0.2, 0) is 5.41 Å². The molecule has 0 aliphatic heterocycles. The fraction of sp³-hybridized carbons (Fsp3) is 0.0588. The Kier molecular flexibility index (Phi) is 4.64. The molecule has 0 saturated heterocycles. The lowest BCUT2D eigenvalue weighted by Crippen LogP contribution is -2.16. The van der Waals surface area contributed by atoms with E-state index in [1.807, 2.05) is 78.9 Å². The minimum atomic E-state index is -0.434. The van der Waals surface area contributed by atoms with E-state index in [9.17, 15) is 5.48 Å². The number of hydrogen-bond acceptors (Lipinski definition) is 1. The number of benzene rings is 9. The topological polar surface area (TPSA) is 13.1 Å². The summed E-state index contributed by atoms with van der Waals surface area (Å²) < 4.78 is 80.1. The van der Waals surface area contributed by atoms with Crippen LogP contribution in [0.3, 0.4) is 0 Å². The van der Waals surface area contributed by atoms with E-state index in [1.165, 1.54) is 16.7 Å². The first-order valence-corrected chi connectivity index (χ1v) is 17.5. The van der Waals surface area contributed by atoms with Gasteiger partial charge < -0.3 is 4.42 Å². The van der Waals surface area contributed by atoms with E-state index in [0.29, 0.717) is 33.4 Å². The summed E-state index contributed by atoms with van der Waals surface area (Å²) in [6, 6.07) is 37.1. The maximum absolute atomic E-state index is 9.52. The molecular formula is C51H34O. The standard InChI is InChI=1S/C51H34O/c1-51(2)44-24-10-9-17-37(44)42-23-12-22-36(50(42)51)32-14-11-15-33(29-32)47-38-18-5-7-20-40(38)48(41-21-8-6-19-39(41)47)34-26-27-45-43(30-34)49-35-16-4-3-13-31(35)25-28-46(49)52-45/h3-30H,1-2H3/i5D,6D,7D,8D,18D,19D,20D,21D. The second-order valence-corrected chi connectivity index (χ2v) is 14.2. The molecule has 0 unspecified atom stereocenters. The molecule has 1 aliphatic rings. The van der Waals surface area contributed by atoms with E-state index in [0.717, 1.165) is 38.2 Å². The Labute approximate surface area is 313 Å². The molecule has 0 amide bonds. The zero-order valence-corrected chi connectivity index (χ0v) is 28.5. The first kappa shape index (κ1) is 22.4. The summed E-state index contributed by atoms with van der Waals surface area (Å²) in [5, 5.41) is 4.38. The second-order valence-electron chi connectivity index (χ2n) is 14.2. The van der Waals surface area contributed by atoms with Gasteiger partial charge >= 0.3 is 0 Å². The van der Waals surface area contributed by atoms with E-state index in [2.05, 4.69) is 50.2 Å². The van der Waals surface area contributed by atoms with E-state index < -0.39 is 24.2 Å². The first-order valence-electron chi connectivity index (χ1n) is 21.5. The van der Waals surface area contributed by atoms with Crippen LogP contribution in [0.2, 0.25) is 0 Å². The van der Waals surface area contributed by atoms with Crippen molar-refractivity contribution < 1.29 is 15.4 Å². The largest absolute Gasteiger partial charge is 0.456 e. The third-order valence-corrected chi connectivity index (χ3v) is 11.1. The molecule has 1 heteroatoms. The first-order chi connectivity index (χ1) is 28.9. The van der Waals surface area contributed by atoms with Gasteiger partial charge in [-0.05, 0) is 112 Å². The van der Waals surface area contributed by atoms with Crippen LogP contribution in [-0.4, -0.2) is 0 Å². The van der Waals surface area contributed by atoms with E-state index in [4.69, 9.17) is 9.90 Å². The summed E-state index contributed by atoms with van der Waals surface area (Å²) in [7, 11) is 0. The Hall–Kier alpha value is -6.44. The van der Waals surface area contributed by atoms with Crippen molar-refractivity contribution in [3.05, 3.63) is 181 Å². The fourth-order valence-electron chi connectivity index (χ4n) is 8.84. The van der Waals surface area contributed by atoms with Gasteiger partial charge in [-0.15, -0.1) is 0 Å². The third kappa shape index (κ3) is 4.05. The van der Waals surface area contributed by atoms with Gasteiger partial charge in [0, 0.05) is 16.2 Å². The average molecular weight is 671 g/mol. The summed E-state index contributed by atoms with van der Waals surface area (Å²) in [4.78, 5) is 0. The van der Waals surface area contributed by atoms with Gasteiger partial charge in [0.1, 0.15) is 11.2 Å². The Morgan fingerprint density at radius 2 is 1.06 bits per heavy atom. The lowest BCUT2D eigenvalue weighted by atomic mass is 9.78. The summed E-state index contributed by atoms with van der Waals surface area (Å²) in [6.45, 7) is 4.45. The van der Waals surface area contributed by atoms with Crippen LogP contribution in [0.1, 0.15) is 35.9 Å². The molecule has 9 aromatic carbocycles. The average Bonchev–Trinajstić information content (AvgIpc) is 3.77. The maximum atomic E-state index is 9.52. The van der Waals surface area contributed by atoms with Crippen LogP contribution in [0.5, 0.6) is 0 Å². The van der Waals surface area contributed by atoms with E-state index in [-0.39, 0.29) is 51.1 Å². The SMILES string of the molecule is [2H]c1c([2H])c([2H])c2c(-c3ccc4oc5ccc6ccccc6c5c4c3)c3c([2H])c([2H])c([2H])c([2H])c3c(-c3cccc(-c4cccc5c4C(C)(C)c4ccccc4-5)c3)c2c1[2H]. The molecule has 0 bridgehead atoms. The molecule has 10 aromatic rings. The van der Waals surface area contributed by atoms with Crippen molar-refractivity contribution in [1.29, 1.82) is 0 Å². The van der Waals surface area contributed by atoms with Gasteiger partial charge in [0.25, 0.3) is 0 Å². The number of rotatable bonds is 3. The maximum Gasteiger partial charge on any atom is 0.136 e. The van der Waals surface area contributed by atoms with Crippen molar-refractivity contribution >= 4 is 54.3 Å². The van der Waals surface area contributed by atoms with Crippen LogP contribution in [0.4, 0.5) is 0 Å². The molecule has 52 heavy (non-hydrogen) atoms. The third-order valence-electron chi connectivity index (χ3n) is 11.1. The highest BCUT2D eigenvalue weighted by molar-refractivity contribution is 6.23. The van der Waals surface area contributed by atoms with Gasteiger partial charge in [-0.3, -0.25) is 0 Å². The fourth-order valence-corrected chi connectivity index (χ4v) is 8.84. The number of furan rings is 1. The molecule has 244 valence electrons. The zero-order chi connectivity index (χ0) is 41.5. The van der Waals surface area contributed by atoms with Crippen LogP contribution in [0.15, 0.2) is 174 Å². The summed E-state index contributed by atoms with van der Waals surface area (Å²) in [6.07, 6.45) is 0. The highest BCUT2D eigenvalue weighted by atomic mass is 16.3. The smallest absolute Gasteiger partial charge is 0.136 e.